The van der Waals surface area contributed by atoms with Gasteiger partial charge in [0, 0.05) is 18.8 Å². The molecule has 1 amide bonds. The highest BCUT2D eigenvalue weighted by Gasteiger charge is 2.10. The number of unbranched alkanes of at least 4 members (excludes halogenated alkanes) is 1. The first-order valence-corrected chi connectivity index (χ1v) is 6.31. The van der Waals surface area contributed by atoms with E-state index in [2.05, 4.69) is 17.6 Å². The van der Waals surface area contributed by atoms with Gasteiger partial charge in [0.15, 0.2) is 0 Å². The monoisotopic (exact) mass is 234 g/mol. The van der Waals surface area contributed by atoms with Gasteiger partial charge in [-0.2, -0.15) is 0 Å². The first-order chi connectivity index (χ1) is 8.19. The molecule has 94 valence electrons. The van der Waals surface area contributed by atoms with Crippen LogP contribution in [0.2, 0.25) is 0 Å². The Balaban J connectivity index is 2.78. The molecule has 1 rings (SSSR count). The summed E-state index contributed by atoms with van der Waals surface area (Å²) in [5.41, 5.74) is 2.75. The largest absolute Gasteiger partial charge is 0.385 e. The van der Waals surface area contributed by atoms with E-state index in [1.807, 2.05) is 32.0 Å². The van der Waals surface area contributed by atoms with Crippen LogP contribution < -0.4 is 10.6 Å². The summed E-state index contributed by atoms with van der Waals surface area (Å²) in [5.74, 6) is 0.0121. The smallest absolute Gasteiger partial charge is 0.253 e. The average Bonchev–Trinajstić information content (AvgIpc) is 2.32. The van der Waals surface area contributed by atoms with Gasteiger partial charge in [0.05, 0.1) is 5.56 Å². The second-order valence-electron chi connectivity index (χ2n) is 4.19. The number of carbonyl (C=O) groups excluding carboxylic acids is 1. The molecule has 2 N–H and O–H groups in total. The van der Waals surface area contributed by atoms with Gasteiger partial charge in [0.25, 0.3) is 5.91 Å². The average molecular weight is 234 g/mol. The van der Waals surface area contributed by atoms with Gasteiger partial charge in [0.1, 0.15) is 0 Å². The number of carbonyl (C=O) groups is 1. The van der Waals surface area contributed by atoms with Gasteiger partial charge < -0.3 is 10.6 Å². The number of hydrogen-bond donors (Lipinski definition) is 2. The zero-order valence-electron chi connectivity index (χ0n) is 11.0. The number of amides is 1. The molecule has 0 saturated carbocycles. The Morgan fingerprint density at radius 1 is 1.29 bits per heavy atom. The first kappa shape index (κ1) is 13.6. The molecule has 1 aromatic rings. The fourth-order valence-corrected chi connectivity index (χ4v) is 1.66. The number of benzene rings is 1. The van der Waals surface area contributed by atoms with Crippen LogP contribution in [-0.4, -0.2) is 19.0 Å². The van der Waals surface area contributed by atoms with Gasteiger partial charge in [-0.1, -0.05) is 25.0 Å². The summed E-state index contributed by atoms with van der Waals surface area (Å²) >= 11 is 0. The van der Waals surface area contributed by atoms with Gasteiger partial charge >= 0.3 is 0 Å². The van der Waals surface area contributed by atoms with E-state index in [0.717, 1.165) is 42.7 Å². The Kier molecular flexibility index (Phi) is 5.53. The third-order valence-corrected chi connectivity index (χ3v) is 2.60. The molecule has 17 heavy (non-hydrogen) atoms. The van der Waals surface area contributed by atoms with Crippen LogP contribution in [0.15, 0.2) is 18.2 Å². The molecule has 0 aliphatic carbocycles. The number of nitrogens with one attached hydrogen (secondary N) is 2. The van der Waals surface area contributed by atoms with Crippen LogP contribution in [-0.2, 0) is 0 Å². The van der Waals surface area contributed by atoms with Gasteiger partial charge in [-0.05, 0) is 32.4 Å². The third kappa shape index (κ3) is 4.10. The lowest BCUT2D eigenvalue weighted by Gasteiger charge is -2.11. The molecule has 0 saturated heterocycles. The lowest BCUT2D eigenvalue weighted by Crippen LogP contribution is -2.25. The van der Waals surface area contributed by atoms with Crippen LogP contribution in [0, 0.1) is 6.92 Å². The predicted molar refractivity (Wildman–Crippen MR) is 72.6 cm³/mol. The second-order valence-corrected chi connectivity index (χ2v) is 4.19. The van der Waals surface area contributed by atoms with Gasteiger partial charge in [-0.3, -0.25) is 4.79 Å². The van der Waals surface area contributed by atoms with Crippen molar-refractivity contribution in [1.82, 2.24) is 5.32 Å². The van der Waals surface area contributed by atoms with E-state index >= 15 is 0 Å². The van der Waals surface area contributed by atoms with Crippen molar-refractivity contribution in [1.29, 1.82) is 0 Å². The maximum absolute atomic E-state index is 12.0. The van der Waals surface area contributed by atoms with Crippen molar-refractivity contribution in [3.8, 4) is 0 Å². The summed E-state index contributed by atoms with van der Waals surface area (Å²) in [7, 11) is 0. The summed E-state index contributed by atoms with van der Waals surface area (Å²) in [6.07, 6.45) is 2.11. The normalized spacial score (nSPS) is 10.1. The van der Waals surface area contributed by atoms with Gasteiger partial charge in [-0.15, -0.1) is 0 Å². The van der Waals surface area contributed by atoms with Crippen molar-refractivity contribution in [2.24, 2.45) is 0 Å². The van der Waals surface area contributed by atoms with E-state index in [9.17, 15) is 4.79 Å². The van der Waals surface area contributed by atoms with E-state index in [4.69, 9.17) is 0 Å². The lowest BCUT2D eigenvalue weighted by molar-refractivity contribution is 0.0954. The number of anilines is 1. The minimum atomic E-state index is 0.0121. The molecule has 0 spiro atoms. The van der Waals surface area contributed by atoms with E-state index in [1.165, 1.54) is 0 Å². The Morgan fingerprint density at radius 2 is 2.06 bits per heavy atom. The van der Waals surface area contributed by atoms with Crippen molar-refractivity contribution < 1.29 is 4.79 Å². The zero-order chi connectivity index (χ0) is 12.7. The quantitative estimate of drug-likeness (QED) is 0.743. The number of rotatable bonds is 6. The van der Waals surface area contributed by atoms with Crippen molar-refractivity contribution in [2.45, 2.75) is 33.6 Å². The summed E-state index contributed by atoms with van der Waals surface area (Å²) in [4.78, 5) is 12.0. The minimum Gasteiger partial charge on any atom is -0.385 e. The molecule has 0 unspecified atom stereocenters. The van der Waals surface area contributed by atoms with Crippen LogP contribution in [0.1, 0.15) is 42.6 Å². The molecule has 0 fully saturated rings. The SMILES string of the molecule is CCCCNC(=O)c1cc(C)ccc1NCC. The highest BCUT2D eigenvalue weighted by Crippen LogP contribution is 2.17. The topological polar surface area (TPSA) is 41.1 Å². The summed E-state index contributed by atoms with van der Waals surface area (Å²) in [6.45, 7) is 7.70. The standard InChI is InChI=1S/C14H22N2O/c1-4-6-9-16-14(17)12-10-11(3)7-8-13(12)15-5-2/h7-8,10,15H,4-6,9H2,1-3H3,(H,16,17). The Morgan fingerprint density at radius 3 is 2.71 bits per heavy atom. The molecular formula is C14H22N2O. The summed E-state index contributed by atoms with van der Waals surface area (Å²) in [6, 6.07) is 5.91. The molecule has 0 bridgehead atoms. The fourth-order valence-electron chi connectivity index (χ4n) is 1.66. The Bertz CT molecular complexity index is 374. The highest BCUT2D eigenvalue weighted by molar-refractivity contribution is 5.99. The van der Waals surface area contributed by atoms with E-state index in [-0.39, 0.29) is 5.91 Å². The van der Waals surface area contributed by atoms with Crippen LogP contribution in [0.3, 0.4) is 0 Å². The van der Waals surface area contributed by atoms with Crippen molar-refractivity contribution in [3.63, 3.8) is 0 Å². The Hall–Kier alpha value is -1.51. The fraction of sp³-hybridized carbons (Fsp3) is 0.500. The number of aryl methyl sites for hydroxylation is 1. The maximum atomic E-state index is 12.0. The zero-order valence-corrected chi connectivity index (χ0v) is 11.0. The van der Waals surface area contributed by atoms with Crippen LogP contribution in [0.5, 0.6) is 0 Å². The first-order valence-electron chi connectivity index (χ1n) is 6.31. The molecule has 0 heterocycles. The van der Waals surface area contributed by atoms with E-state index < -0.39 is 0 Å². The van der Waals surface area contributed by atoms with Crippen molar-refractivity contribution in [3.05, 3.63) is 29.3 Å². The van der Waals surface area contributed by atoms with E-state index in [0.29, 0.717) is 0 Å². The molecule has 0 radical (unpaired) electrons. The van der Waals surface area contributed by atoms with Gasteiger partial charge in [-0.25, -0.2) is 0 Å². The molecule has 3 heteroatoms. The Labute approximate surface area is 104 Å². The van der Waals surface area contributed by atoms with Gasteiger partial charge in [0.2, 0.25) is 0 Å². The van der Waals surface area contributed by atoms with Crippen molar-refractivity contribution in [2.75, 3.05) is 18.4 Å². The summed E-state index contributed by atoms with van der Waals surface area (Å²) < 4.78 is 0. The molecule has 0 aromatic heterocycles. The van der Waals surface area contributed by atoms with Crippen LogP contribution in [0.4, 0.5) is 5.69 Å². The lowest BCUT2D eigenvalue weighted by atomic mass is 10.1. The molecular weight excluding hydrogens is 212 g/mol. The molecule has 0 aliphatic rings. The van der Waals surface area contributed by atoms with E-state index in [1.54, 1.807) is 0 Å². The highest BCUT2D eigenvalue weighted by atomic mass is 16.1. The second kappa shape index (κ2) is 6.94. The summed E-state index contributed by atoms with van der Waals surface area (Å²) in [5, 5.41) is 6.16. The predicted octanol–water partition coefficient (Wildman–Crippen LogP) is 2.96. The molecule has 3 nitrogen and oxygen atoms in total. The minimum absolute atomic E-state index is 0.0121. The number of hydrogen-bond acceptors (Lipinski definition) is 2. The maximum Gasteiger partial charge on any atom is 0.253 e. The molecule has 0 atom stereocenters. The molecule has 0 aliphatic heterocycles. The van der Waals surface area contributed by atoms with Crippen molar-refractivity contribution >= 4 is 11.6 Å². The third-order valence-electron chi connectivity index (χ3n) is 2.60. The molecule has 1 aromatic carbocycles. The van der Waals surface area contributed by atoms with Crippen LogP contribution in [0.25, 0.3) is 0 Å². The van der Waals surface area contributed by atoms with Crippen LogP contribution >= 0.6 is 0 Å².